The van der Waals surface area contributed by atoms with Crippen LogP contribution in [0.1, 0.15) is 42.0 Å². The van der Waals surface area contributed by atoms with E-state index in [1.54, 1.807) is 6.07 Å². The third-order valence-corrected chi connectivity index (χ3v) is 3.38. The maximum absolute atomic E-state index is 12.1. The molecule has 1 aromatic heterocycles. The van der Waals surface area contributed by atoms with Crippen molar-refractivity contribution in [3.05, 3.63) is 52.9 Å². The van der Waals surface area contributed by atoms with Crippen molar-refractivity contribution in [2.45, 2.75) is 39.8 Å². The van der Waals surface area contributed by atoms with Crippen molar-refractivity contribution in [1.82, 2.24) is 15.8 Å². The van der Waals surface area contributed by atoms with Crippen LogP contribution in [-0.4, -0.2) is 17.0 Å². The molecule has 0 aliphatic heterocycles. The molecule has 2 amide bonds. The molecular formula is C17H21N3O3. The van der Waals surface area contributed by atoms with Crippen LogP contribution in [0.2, 0.25) is 0 Å². The molecule has 6 heteroatoms. The molecule has 0 unspecified atom stereocenters. The summed E-state index contributed by atoms with van der Waals surface area (Å²) in [5.74, 6) is 0.259. The second-order valence-corrected chi connectivity index (χ2v) is 5.58. The smallest absolute Gasteiger partial charge is 0.222 e. The fourth-order valence-corrected chi connectivity index (χ4v) is 2.24. The van der Waals surface area contributed by atoms with E-state index in [9.17, 15) is 9.59 Å². The standard InChI is InChI=1S/C17H21N3O3/c1-11-4-6-14(7-5-11)16(19-13(3)21)9-17(22)18-10-15-8-12(2)20-23-15/h4-8,16H,9-10H2,1-3H3,(H,18,22)(H,19,21)/t16-/m0/s1. The maximum Gasteiger partial charge on any atom is 0.222 e. The number of amides is 2. The zero-order valence-electron chi connectivity index (χ0n) is 13.6. The van der Waals surface area contributed by atoms with Gasteiger partial charge in [0.1, 0.15) is 0 Å². The van der Waals surface area contributed by atoms with Gasteiger partial charge in [-0.3, -0.25) is 9.59 Å². The van der Waals surface area contributed by atoms with Crippen LogP contribution < -0.4 is 10.6 Å². The average molecular weight is 315 g/mol. The van der Waals surface area contributed by atoms with E-state index in [0.717, 1.165) is 16.8 Å². The molecule has 0 aliphatic carbocycles. The van der Waals surface area contributed by atoms with Crippen LogP contribution in [0.4, 0.5) is 0 Å². The summed E-state index contributed by atoms with van der Waals surface area (Å²) in [6.07, 6.45) is 0.162. The minimum Gasteiger partial charge on any atom is -0.359 e. The highest BCUT2D eigenvalue weighted by molar-refractivity contribution is 5.79. The van der Waals surface area contributed by atoms with Gasteiger partial charge < -0.3 is 15.2 Å². The number of aryl methyl sites for hydroxylation is 2. The molecule has 23 heavy (non-hydrogen) atoms. The Balaban J connectivity index is 1.97. The van der Waals surface area contributed by atoms with Crippen molar-refractivity contribution in [2.75, 3.05) is 0 Å². The minimum atomic E-state index is -0.357. The number of aromatic nitrogens is 1. The molecule has 0 saturated heterocycles. The summed E-state index contributed by atoms with van der Waals surface area (Å²) < 4.78 is 5.05. The van der Waals surface area contributed by atoms with Gasteiger partial charge in [-0.15, -0.1) is 0 Å². The van der Waals surface area contributed by atoms with Gasteiger partial charge in [0.05, 0.1) is 24.7 Å². The second kappa shape index (κ2) is 7.58. The first kappa shape index (κ1) is 16.7. The largest absolute Gasteiger partial charge is 0.359 e. The molecule has 2 rings (SSSR count). The lowest BCUT2D eigenvalue weighted by atomic mass is 10.0. The summed E-state index contributed by atoms with van der Waals surface area (Å²) in [5, 5.41) is 9.35. The lowest BCUT2D eigenvalue weighted by molar-refractivity contribution is -0.123. The highest BCUT2D eigenvalue weighted by atomic mass is 16.5. The number of carbonyl (C=O) groups excluding carboxylic acids is 2. The summed E-state index contributed by atoms with van der Waals surface area (Å²) in [4.78, 5) is 23.5. The summed E-state index contributed by atoms with van der Waals surface area (Å²) in [6.45, 7) is 5.53. The van der Waals surface area contributed by atoms with Crippen molar-refractivity contribution in [2.24, 2.45) is 0 Å². The highest BCUT2D eigenvalue weighted by Crippen LogP contribution is 2.17. The molecule has 0 spiro atoms. The van der Waals surface area contributed by atoms with Crippen LogP contribution >= 0.6 is 0 Å². The van der Waals surface area contributed by atoms with Crippen molar-refractivity contribution in [1.29, 1.82) is 0 Å². The maximum atomic E-state index is 12.1. The molecular weight excluding hydrogens is 294 g/mol. The Kier molecular flexibility index (Phi) is 5.51. The molecule has 0 radical (unpaired) electrons. The quantitative estimate of drug-likeness (QED) is 0.855. The average Bonchev–Trinajstić information content (AvgIpc) is 2.90. The molecule has 2 aromatic rings. The van der Waals surface area contributed by atoms with Crippen LogP contribution in [0.5, 0.6) is 0 Å². The Labute approximate surface area is 135 Å². The van der Waals surface area contributed by atoms with Crippen molar-refractivity contribution in [3.8, 4) is 0 Å². The van der Waals surface area contributed by atoms with Gasteiger partial charge in [0.2, 0.25) is 11.8 Å². The topological polar surface area (TPSA) is 84.2 Å². The van der Waals surface area contributed by atoms with E-state index >= 15 is 0 Å². The summed E-state index contributed by atoms with van der Waals surface area (Å²) >= 11 is 0. The van der Waals surface area contributed by atoms with Gasteiger partial charge in [0.15, 0.2) is 5.76 Å². The van der Waals surface area contributed by atoms with Gasteiger partial charge in [-0.1, -0.05) is 35.0 Å². The Hall–Kier alpha value is -2.63. The van der Waals surface area contributed by atoms with Crippen LogP contribution in [-0.2, 0) is 16.1 Å². The van der Waals surface area contributed by atoms with Crippen LogP contribution in [0, 0.1) is 13.8 Å². The van der Waals surface area contributed by atoms with Gasteiger partial charge in [-0.05, 0) is 19.4 Å². The van der Waals surface area contributed by atoms with E-state index < -0.39 is 0 Å². The van der Waals surface area contributed by atoms with E-state index in [2.05, 4.69) is 15.8 Å². The molecule has 1 heterocycles. The first-order chi connectivity index (χ1) is 10.9. The molecule has 6 nitrogen and oxygen atoms in total. The molecule has 0 aliphatic rings. The van der Waals surface area contributed by atoms with Gasteiger partial charge in [-0.25, -0.2) is 0 Å². The predicted octanol–water partition coefficient (Wildman–Crippen LogP) is 2.18. The molecule has 0 fully saturated rings. The Bertz CT molecular complexity index is 677. The highest BCUT2D eigenvalue weighted by Gasteiger charge is 2.17. The lowest BCUT2D eigenvalue weighted by Gasteiger charge is -2.18. The molecule has 1 aromatic carbocycles. The molecule has 0 saturated carbocycles. The van der Waals surface area contributed by atoms with Crippen molar-refractivity contribution in [3.63, 3.8) is 0 Å². The first-order valence-electron chi connectivity index (χ1n) is 7.46. The fourth-order valence-electron chi connectivity index (χ4n) is 2.24. The second-order valence-electron chi connectivity index (χ2n) is 5.58. The van der Waals surface area contributed by atoms with Crippen LogP contribution in [0.15, 0.2) is 34.9 Å². The molecule has 122 valence electrons. The molecule has 2 N–H and O–H groups in total. The van der Waals surface area contributed by atoms with Crippen molar-refractivity contribution < 1.29 is 14.1 Å². The van der Waals surface area contributed by atoms with E-state index in [-0.39, 0.29) is 30.8 Å². The van der Waals surface area contributed by atoms with Crippen molar-refractivity contribution >= 4 is 11.8 Å². The molecule has 0 bridgehead atoms. The first-order valence-corrected chi connectivity index (χ1v) is 7.46. The monoisotopic (exact) mass is 315 g/mol. The third-order valence-electron chi connectivity index (χ3n) is 3.38. The number of nitrogens with one attached hydrogen (secondary N) is 2. The number of hydrogen-bond acceptors (Lipinski definition) is 4. The summed E-state index contributed by atoms with van der Waals surface area (Å²) in [5.41, 5.74) is 2.79. The number of hydrogen-bond donors (Lipinski definition) is 2. The SMILES string of the molecule is CC(=O)N[C@@H](CC(=O)NCc1cc(C)no1)c1ccc(C)cc1. The Morgan fingerprint density at radius 2 is 1.91 bits per heavy atom. The zero-order valence-corrected chi connectivity index (χ0v) is 13.6. The number of carbonyl (C=O) groups is 2. The van der Waals surface area contributed by atoms with Crippen LogP contribution in [0.3, 0.4) is 0 Å². The van der Waals surface area contributed by atoms with Gasteiger partial charge in [-0.2, -0.15) is 0 Å². The van der Waals surface area contributed by atoms with Gasteiger partial charge in [0, 0.05) is 13.0 Å². The lowest BCUT2D eigenvalue weighted by Crippen LogP contribution is -2.32. The number of benzene rings is 1. The van der Waals surface area contributed by atoms with Gasteiger partial charge in [0.25, 0.3) is 0 Å². The number of nitrogens with zero attached hydrogens (tertiary/aromatic N) is 1. The van der Waals surface area contributed by atoms with E-state index in [1.165, 1.54) is 6.92 Å². The van der Waals surface area contributed by atoms with E-state index in [0.29, 0.717) is 5.76 Å². The van der Waals surface area contributed by atoms with Gasteiger partial charge >= 0.3 is 0 Å². The van der Waals surface area contributed by atoms with E-state index in [4.69, 9.17) is 4.52 Å². The Morgan fingerprint density at radius 3 is 2.48 bits per heavy atom. The Morgan fingerprint density at radius 1 is 1.22 bits per heavy atom. The minimum absolute atomic E-state index is 0.162. The third kappa shape index (κ3) is 5.25. The summed E-state index contributed by atoms with van der Waals surface area (Å²) in [7, 11) is 0. The fraction of sp³-hybridized carbons (Fsp3) is 0.353. The summed E-state index contributed by atoms with van der Waals surface area (Å²) in [6, 6.07) is 9.17. The van der Waals surface area contributed by atoms with Crippen LogP contribution in [0.25, 0.3) is 0 Å². The molecule has 1 atom stereocenters. The zero-order chi connectivity index (χ0) is 16.8. The normalized spacial score (nSPS) is 11.8. The number of rotatable bonds is 6. The van der Waals surface area contributed by atoms with E-state index in [1.807, 2.05) is 38.1 Å². The predicted molar refractivity (Wildman–Crippen MR) is 85.4 cm³/mol.